The van der Waals surface area contributed by atoms with E-state index in [0.717, 1.165) is 11.3 Å². The fourth-order valence-electron chi connectivity index (χ4n) is 2.83. The summed E-state index contributed by atoms with van der Waals surface area (Å²) in [5.74, 6) is 0.237. The second-order valence-corrected chi connectivity index (χ2v) is 8.35. The fourth-order valence-corrected chi connectivity index (χ4v) is 4.28. The van der Waals surface area contributed by atoms with Gasteiger partial charge in [-0.25, -0.2) is 13.8 Å². The van der Waals surface area contributed by atoms with Gasteiger partial charge in [0.25, 0.3) is 5.91 Å². The molecular weight excluding hydrogens is 394 g/mol. The highest BCUT2D eigenvalue weighted by atomic mass is 32.2. The Labute approximate surface area is 170 Å². The number of carbonyl (C=O) groups is 1. The first kappa shape index (κ1) is 21.0. The number of nitrogens with zero attached hydrogens (tertiary/aromatic N) is 2. The van der Waals surface area contributed by atoms with Crippen molar-refractivity contribution in [2.45, 2.75) is 11.8 Å². The topological polar surface area (TPSA) is 97.3 Å². The Morgan fingerprint density at radius 3 is 2.45 bits per heavy atom. The van der Waals surface area contributed by atoms with Gasteiger partial charge in [-0.15, -0.1) is 0 Å². The van der Waals surface area contributed by atoms with Gasteiger partial charge < -0.3 is 9.47 Å². The summed E-state index contributed by atoms with van der Waals surface area (Å²) in [6.45, 7) is 3.08. The van der Waals surface area contributed by atoms with Gasteiger partial charge in [0.1, 0.15) is 5.75 Å². The quantitative estimate of drug-likeness (QED) is 0.572. The first-order valence-electron chi connectivity index (χ1n) is 9.09. The number of methoxy groups -OCH3 is 1. The van der Waals surface area contributed by atoms with Crippen molar-refractivity contribution in [2.75, 3.05) is 33.4 Å². The average molecular weight is 417 g/mol. The van der Waals surface area contributed by atoms with Crippen molar-refractivity contribution in [2.24, 2.45) is 5.10 Å². The van der Waals surface area contributed by atoms with E-state index < -0.39 is 15.9 Å². The van der Waals surface area contributed by atoms with Crippen molar-refractivity contribution in [3.05, 3.63) is 59.7 Å². The molecule has 1 aliphatic rings. The van der Waals surface area contributed by atoms with E-state index in [9.17, 15) is 13.2 Å². The zero-order chi connectivity index (χ0) is 20.9. The highest BCUT2D eigenvalue weighted by Crippen LogP contribution is 2.18. The zero-order valence-corrected chi connectivity index (χ0v) is 17.1. The third-order valence-corrected chi connectivity index (χ3v) is 6.43. The van der Waals surface area contributed by atoms with Crippen LogP contribution in [0.3, 0.4) is 0 Å². The fraction of sp³-hybridized carbons (Fsp3) is 0.300. The Bertz CT molecular complexity index is 997. The second kappa shape index (κ2) is 9.17. The van der Waals surface area contributed by atoms with Crippen molar-refractivity contribution >= 4 is 21.6 Å². The molecule has 2 aromatic carbocycles. The van der Waals surface area contributed by atoms with Crippen molar-refractivity contribution in [3.8, 4) is 5.75 Å². The molecule has 9 heteroatoms. The highest BCUT2D eigenvalue weighted by Gasteiger charge is 2.26. The normalized spacial score (nSPS) is 15.7. The molecule has 0 atom stereocenters. The first-order chi connectivity index (χ1) is 13.9. The average Bonchev–Trinajstić information content (AvgIpc) is 2.78. The number of amides is 1. The van der Waals surface area contributed by atoms with Crippen LogP contribution in [-0.2, 0) is 14.8 Å². The van der Waals surface area contributed by atoms with E-state index in [1.807, 2.05) is 12.1 Å². The Morgan fingerprint density at radius 2 is 1.79 bits per heavy atom. The molecule has 0 bridgehead atoms. The van der Waals surface area contributed by atoms with Crippen LogP contribution < -0.4 is 10.2 Å². The van der Waals surface area contributed by atoms with Gasteiger partial charge >= 0.3 is 0 Å². The molecule has 3 rings (SSSR count). The summed E-state index contributed by atoms with van der Waals surface area (Å²) >= 11 is 0. The predicted molar refractivity (Wildman–Crippen MR) is 109 cm³/mol. The molecule has 29 heavy (non-hydrogen) atoms. The van der Waals surface area contributed by atoms with Crippen LogP contribution in [0.25, 0.3) is 0 Å². The lowest BCUT2D eigenvalue weighted by atomic mass is 10.1. The summed E-state index contributed by atoms with van der Waals surface area (Å²) in [5.41, 5.74) is 4.12. The molecule has 1 N–H and O–H groups in total. The molecule has 0 spiro atoms. The number of hydrazone groups is 1. The Kier molecular flexibility index (Phi) is 6.63. The zero-order valence-electron chi connectivity index (χ0n) is 16.3. The largest absolute Gasteiger partial charge is 0.497 e. The maximum absolute atomic E-state index is 12.8. The van der Waals surface area contributed by atoms with Crippen molar-refractivity contribution in [1.29, 1.82) is 0 Å². The van der Waals surface area contributed by atoms with Gasteiger partial charge in [0.05, 0.1) is 30.9 Å². The van der Waals surface area contributed by atoms with Crippen molar-refractivity contribution in [3.63, 3.8) is 0 Å². The number of hydrogen-bond acceptors (Lipinski definition) is 6. The maximum Gasteiger partial charge on any atom is 0.271 e. The first-order valence-corrected chi connectivity index (χ1v) is 10.5. The van der Waals surface area contributed by atoms with Crippen molar-refractivity contribution in [1.82, 2.24) is 9.73 Å². The van der Waals surface area contributed by atoms with E-state index in [4.69, 9.17) is 9.47 Å². The van der Waals surface area contributed by atoms with Crippen LogP contribution in [0.2, 0.25) is 0 Å². The van der Waals surface area contributed by atoms with E-state index in [1.165, 1.54) is 16.4 Å². The molecule has 0 aromatic heterocycles. The maximum atomic E-state index is 12.8. The molecule has 8 nitrogen and oxygen atoms in total. The number of morpholine rings is 1. The molecule has 1 heterocycles. The molecular formula is C20H23N3O5S. The van der Waals surface area contributed by atoms with Crippen LogP contribution >= 0.6 is 0 Å². The van der Waals surface area contributed by atoms with Crippen LogP contribution in [0.1, 0.15) is 22.8 Å². The number of sulfonamides is 1. The minimum absolute atomic E-state index is 0.0721. The van der Waals surface area contributed by atoms with Gasteiger partial charge in [0, 0.05) is 18.7 Å². The van der Waals surface area contributed by atoms with Gasteiger partial charge in [-0.1, -0.05) is 6.07 Å². The predicted octanol–water partition coefficient (Wildman–Crippen LogP) is 1.87. The van der Waals surface area contributed by atoms with Crippen LogP contribution in [-0.4, -0.2) is 57.8 Å². The molecule has 0 unspecified atom stereocenters. The minimum atomic E-state index is -3.67. The minimum Gasteiger partial charge on any atom is -0.497 e. The van der Waals surface area contributed by atoms with Crippen LogP contribution in [0.15, 0.2) is 58.5 Å². The van der Waals surface area contributed by atoms with Gasteiger partial charge in [-0.05, 0) is 55.0 Å². The number of rotatable bonds is 6. The number of ether oxygens (including phenoxy) is 2. The van der Waals surface area contributed by atoms with E-state index in [1.54, 1.807) is 38.3 Å². The lowest BCUT2D eigenvalue weighted by molar-refractivity contribution is 0.0730. The Morgan fingerprint density at radius 1 is 1.10 bits per heavy atom. The summed E-state index contributed by atoms with van der Waals surface area (Å²) < 4.78 is 37.2. The molecule has 2 aromatic rings. The number of benzene rings is 2. The molecule has 154 valence electrons. The molecule has 1 fully saturated rings. The van der Waals surface area contributed by atoms with E-state index in [-0.39, 0.29) is 10.5 Å². The molecule has 0 aliphatic carbocycles. The summed E-state index contributed by atoms with van der Waals surface area (Å²) in [4.78, 5) is 12.5. The summed E-state index contributed by atoms with van der Waals surface area (Å²) in [5, 5.41) is 4.11. The standard InChI is InChI=1S/C20H23N3O5S/c1-15(16-6-8-18(27-2)9-7-16)21-22-20(24)17-4-3-5-19(14-17)29(25,26)23-10-12-28-13-11-23/h3-9,14H,10-13H2,1-2H3,(H,22,24)/b21-15+. The molecule has 1 aliphatic heterocycles. The third kappa shape index (κ3) is 5.00. The lowest BCUT2D eigenvalue weighted by Gasteiger charge is -2.26. The van der Waals surface area contributed by atoms with E-state index >= 15 is 0 Å². The molecule has 0 radical (unpaired) electrons. The van der Waals surface area contributed by atoms with Gasteiger partial charge in [0.2, 0.25) is 10.0 Å². The summed E-state index contributed by atoms with van der Waals surface area (Å²) in [7, 11) is -2.09. The summed E-state index contributed by atoms with van der Waals surface area (Å²) in [6, 6.07) is 13.2. The van der Waals surface area contributed by atoms with Gasteiger partial charge in [-0.2, -0.15) is 9.41 Å². The third-order valence-electron chi connectivity index (χ3n) is 4.54. The number of carbonyl (C=O) groups excluding carboxylic acids is 1. The van der Waals surface area contributed by atoms with E-state index in [0.29, 0.717) is 32.0 Å². The SMILES string of the molecule is COc1ccc(/C(C)=N/NC(=O)c2cccc(S(=O)(=O)N3CCOCC3)c2)cc1. The van der Waals surface area contributed by atoms with Gasteiger partial charge in [-0.3, -0.25) is 4.79 Å². The number of nitrogens with one attached hydrogen (secondary N) is 1. The number of hydrogen-bond donors (Lipinski definition) is 1. The van der Waals surface area contributed by atoms with Crippen molar-refractivity contribution < 1.29 is 22.7 Å². The molecule has 1 saturated heterocycles. The van der Waals surface area contributed by atoms with Gasteiger partial charge in [0.15, 0.2) is 0 Å². The second-order valence-electron chi connectivity index (χ2n) is 6.41. The smallest absolute Gasteiger partial charge is 0.271 e. The lowest BCUT2D eigenvalue weighted by Crippen LogP contribution is -2.40. The highest BCUT2D eigenvalue weighted by molar-refractivity contribution is 7.89. The monoisotopic (exact) mass is 417 g/mol. The summed E-state index contributed by atoms with van der Waals surface area (Å²) in [6.07, 6.45) is 0. The Hall–Kier alpha value is -2.75. The molecule has 1 amide bonds. The Balaban J connectivity index is 1.73. The van der Waals surface area contributed by atoms with Crippen LogP contribution in [0, 0.1) is 0 Å². The van der Waals surface area contributed by atoms with E-state index in [2.05, 4.69) is 10.5 Å². The van der Waals surface area contributed by atoms with Crippen LogP contribution in [0.4, 0.5) is 0 Å². The van der Waals surface area contributed by atoms with Crippen LogP contribution in [0.5, 0.6) is 5.75 Å². The molecule has 0 saturated carbocycles.